The van der Waals surface area contributed by atoms with Crippen LogP contribution in [0.2, 0.25) is 0 Å². The number of carbonyl (C=O) groups excluding carboxylic acids is 1. The number of rotatable bonds is 8. The van der Waals surface area contributed by atoms with Crippen LogP contribution in [0.3, 0.4) is 0 Å². The Morgan fingerprint density at radius 2 is 1.53 bits per heavy atom. The van der Waals surface area contributed by atoms with Crippen LogP contribution in [-0.2, 0) is 20.2 Å². The molecule has 0 saturated carbocycles. The summed E-state index contributed by atoms with van der Waals surface area (Å²) in [7, 11) is -2.46. The quantitative estimate of drug-likeness (QED) is 0.489. The van der Waals surface area contributed by atoms with Gasteiger partial charge in [-0.15, -0.1) is 0 Å². The first-order chi connectivity index (χ1) is 16.0. The average Bonchev–Trinajstić information content (AvgIpc) is 2.82. The van der Waals surface area contributed by atoms with Crippen LogP contribution >= 0.6 is 0 Å². The van der Waals surface area contributed by atoms with Crippen molar-refractivity contribution in [1.82, 2.24) is 5.32 Å². The van der Waals surface area contributed by atoms with Crippen molar-refractivity contribution < 1.29 is 17.9 Å². The largest absolute Gasteiger partial charge is 0.497 e. The number of sulfonamides is 1. The third kappa shape index (κ3) is 5.97. The van der Waals surface area contributed by atoms with Gasteiger partial charge in [0.05, 0.1) is 23.7 Å². The van der Waals surface area contributed by atoms with E-state index >= 15 is 0 Å². The summed E-state index contributed by atoms with van der Waals surface area (Å²) in [4.78, 5) is 13.1. The summed E-state index contributed by atoms with van der Waals surface area (Å²) in [5.74, 6) is 0.155. The maximum absolute atomic E-state index is 13.5. The molecule has 0 saturated heterocycles. The van der Waals surface area contributed by atoms with Gasteiger partial charge in [-0.3, -0.25) is 9.10 Å². The zero-order valence-corrected chi connectivity index (χ0v) is 21.1. The number of hydrogen-bond donors (Lipinski definition) is 1. The molecule has 6 nitrogen and oxygen atoms in total. The van der Waals surface area contributed by atoms with E-state index in [-0.39, 0.29) is 22.9 Å². The second-order valence-corrected chi connectivity index (χ2v) is 11.0. The lowest BCUT2D eigenvalue weighted by atomic mass is 9.86. The van der Waals surface area contributed by atoms with Crippen molar-refractivity contribution >= 4 is 21.6 Å². The number of nitrogens with zero attached hydrogens (tertiary/aromatic N) is 1. The molecule has 34 heavy (non-hydrogen) atoms. The minimum absolute atomic E-state index is 0.0387. The molecule has 0 spiro atoms. The smallest absolute Gasteiger partial charge is 0.264 e. The molecule has 0 radical (unpaired) electrons. The molecule has 7 heteroatoms. The van der Waals surface area contributed by atoms with E-state index in [1.165, 1.54) is 24.8 Å². The second-order valence-electron chi connectivity index (χ2n) is 9.18. The van der Waals surface area contributed by atoms with Gasteiger partial charge in [-0.05, 0) is 59.9 Å². The Balaban J connectivity index is 1.82. The minimum atomic E-state index is -3.98. The van der Waals surface area contributed by atoms with E-state index in [0.717, 1.165) is 9.87 Å². The lowest BCUT2D eigenvalue weighted by molar-refractivity contribution is -0.120. The van der Waals surface area contributed by atoms with Crippen molar-refractivity contribution in [1.29, 1.82) is 0 Å². The average molecular weight is 481 g/mol. The summed E-state index contributed by atoms with van der Waals surface area (Å²) in [5.41, 5.74) is 2.61. The number of carbonyl (C=O) groups is 1. The fourth-order valence-corrected chi connectivity index (χ4v) is 4.98. The van der Waals surface area contributed by atoms with Gasteiger partial charge >= 0.3 is 0 Å². The number of methoxy groups -OCH3 is 1. The van der Waals surface area contributed by atoms with Crippen LogP contribution in [0, 0.1) is 0 Å². The van der Waals surface area contributed by atoms with E-state index in [4.69, 9.17) is 4.74 Å². The summed E-state index contributed by atoms with van der Waals surface area (Å²) in [6.07, 6.45) is 0. The van der Waals surface area contributed by atoms with Crippen molar-refractivity contribution in [3.05, 3.63) is 90.0 Å². The summed E-state index contributed by atoms with van der Waals surface area (Å²) >= 11 is 0. The maximum atomic E-state index is 13.5. The highest BCUT2D eigenvalue weighted by Gasteiger charge is 2.27. The molecule has 180 valence electrons. The fourth-order valence-electron chi connectivity index (χ4n) is 3.56. The van der Waals surface area contributed by atoms with E-state index in [1.54, 1.807) is 42.5 Å². The van der Waals surface area contributed by atoms with Crippen LogP contribution in [0.5, 0.6) is 5.75 Å². The fraction of sp³-hybridized carbons (Fsp3) is 0.296. The summed E-state index contributed by atoms with van der Waals surface area (Å²) in [5, 5.41) is 2.93. The molecule has 0 fully saturated rings. The third-order valence-electron chi connectivity index (χ3n) is 5.63. The lowest BCUT2D eigenvalue weighted by Crippen LogP contribution is -2.41. The van der Waals surface area contributed by atoms with Gasteiger partial charge in [-0.25, -0.2) is 8.42 Å². The number of hydrogen-bond acceptors (Lipinski definition) is 4. The molecule has 1 unspecified atom stereocenters. The number of anilines is 1. The minimum Gasteiger partial charge on any atom is -0.497 e. The topological polar surface area (TPSA) is 75.7 Å². The van der Waals surface area contributed by atoms with E-state index < -0.39 is 15.9 Å². The van der Waals surface area contributed by atoms with Gasteiger partial charge in [0.2, 0.25) is 5.91 Å². The lowest BCUT2D eigenvalue weighted by Gasteiger charge is -2.25. The van der Waals surface area contributed by atoms with Gasteiger partial charge in [0.1, 0.15) is 12.3 Å². The van der Waals surface area contributed by atoms with Crippen LogP contribution in [0.4, 0.5) is 5.69 Å². The number of benzene rings is 3. The first-order valence-electron chi connectivity index (χ1n) is 11.1. The van der Waals surface area contributed by atoms with Crippen molar-refractivity contribution in [3.8, 4) is 5.75 Å². The summed E-state index contributed by atoms with van der Waals surface area (Å²) in [6.45, 7) is 7.98. The molecule has 0 aliphatic heterocycles. The molecule has 3 aromatic rings. The van der Waals surface area contributed by atoms with Gasteiger partial charge in [0, 0.05) is 0 Å². The highest BCUT2D eigenvalue weighted by molar-refractivity contribution is 7.92. The Labute approximate surface area is 202 Å². The van der Waals surface area contributed by atoms with Gasteiger partial charge in [-0.1, -0.05) is 63.2 Å². The van der Waals surface area contributed by atoms with Crippen LogP contribution in [0.1, 0.15) is 44.9 Å². The van der Waals surface area contributed by atoms with Crippen molar-refractivity contribution in [2.75, 3.05) is 18.0 Å². The monoisotopic (exact) mass is 480 g/mol. The first kappa shape index (κ1) is 25.3. The van der Waals surface area contributed by atoms with Gasteiger partial charge < -0.3 is 10.1 Å². The van der Waals surface area contributed by atoms with E-state index in [9.17, 15) is 13.2 Å². The Morgan fingerprint density at radius 3 is 2.06 bits per heavy atom. The molecule has 3 aromatic carbocycles. The van der Waals surface area contributed by atoms with Crippen LogP contribution in [0.15, 0.2) is 83.8 Å². The Kier molecular flexibility index (Phi) is 7.67. The third-order valence-corrected chi connectivity index (χ3v) is 7.42. The Bertz CT molecular complexity index is 1200. The number of para-hydroxylation sites is 1. The predicted octanol–water partition coefficient (Wildman–Crippen LogP) is 5.07. The number of amides is 1. The van der Waals surface area contributed by atoms with Crippen LogP contribution < -0.4 is 14.4 Å². The molecule has 0 aliphatic rings. The molecule has 1 N–H and O–H groups in total. The van der Waals surface area contributed by atoms with Crippen molar-refractivity contribution in [3.63, 3.8) is 0 Å². The van der Waals surface area contributed by atoms with Crippen molar-refractivity contribution in [2.24, 2.45) is 0 Å². The van der Waals surface area contributed by atoms with Gasteiger partial charge in [-0.2, -0.15) is 0 Å². The molecule has 0 bridgehead atoms. The molecule has 0 aliphatic carbocycles. The first-order valence-corrected chi connectivity index (χ1v) is 12.6. The number of nitrogens with one attached hydrogen (secondary N) is 1. The second kappa shape index (κ2) is 10.3. The molecule has 0 aromatic heterocycles. The summed E-state index contributed by atoms with van der Waals surface area (Å²) < 4.78 is 33.2. The van der Waals surface area contributed by atoms with Gasteiger partial charge in [0.15, 0.2) is 0 Å². The van der Waals surface area contributed by atoms with E-state index in [0.29, 0.717) is 11.4 Å². The van der Waals surface area contributed by atoms with Crippen LogP contribution in [0.25, 0.3) is 0 Å². The Morgan fingerprint density at radius 1 is 0.941 bits per heavy atom. The Hall–Kier alpha value is -3.32. The summed E-state index contributed by atoms with van der Waals surface area (Å²) in [6, 6.07) is 22.6. The van der Waals surface area contributed by atoms with Crippen LogP contribution in [-0.4, -0.2) is 28.0 Å². The van der Waals surface area contributed by atoms with E-state index in [2.05, 4.69) is 38.2 Å². The number of ether oxygens (including phenoxy) is 1. The normalized spacial score (nSPS) is 12.6. The zero-order valence-electron chi connectivity index (χ0n) is 20.3. The molecular formula is C27H32N2O4S. The predicted molar refractivity (Wildman–Crippen MR) is 136 cm³/mol. The maximum Gasteiger partial charge on any atom is 0.264 e. The standard InChI is InChI=1S/C27H32N2O4S/c1-20(21-11-13-22(14-12-21)27(2,3)4)28-26(30)19-29(23-9-7-6-8-10-23)34(31,32)25-17-15-24(33-5)16-18-25/h6-18,20H,19H2,1-5H3,(H,28,30). The highest BCUT2D eigenvalue weighted by Crippen LogP contribution is 2.26. The van der Waals surface area contributed by atoms with Crippen molar-refractivity contribution in [2.45, 2.75) is 44.0 Å². The molecule has 1 amide bonds. The molecule has 0 heterocycles. The zero-order chi connectivity index (χ0) is 24.9. The molecule has 3 rings (SSSR count). The highest BCUT2D eigenvalue weighted by atomic mass is 32.2. The van der Waals surface area contributed by atoms with E-state index in [1.807, 2.05) is 19.1 Å². The van der Waals surface area contributed by atoms with Gasteiger partial charge in [0.25, 0.3) is 10.0 Å². The molecule has 1 atom stereocenters. The SMILES string of the molecule is COc1ccc(S(=O)(=O)N(CC(=O)NC(C)c2ccc(C(C)(C)C)cc2)c2ccccc2)cc1. The molecular weight excluding hydrogens is 448 g/mol.